The van der Waals surface area contributed by atoms with E-state index in [1.807, 2.05) is 0 Å². The first kappa shape index (κ1) is 13.2. The van der Waals surface area contributed by atoms with Gasteiger partial charge in [-0.15, -0.1) is 0 Å². The number of ether oxygens (including phenoxy) is 1. The van der Waals surface area contributed by atoms with E-state index >= 15 is 0 Å². The highest BCUT2D eigenvalue weighted by Crippen LogP contribution is 2.29. The van der Waals surface area contributed by atoms with E-state index in [4.69, 9.17) is 4.74 Å². The van der Waals surface area contributed by atoms with Crippen LogP contribution in [0.3, 0.4) is 0 Å². The van der Waals surface area contributed by atoms with Gasteiger partial charge in [0, 0.05) is 11.5 Å². The van der Waals surface area contributed by atoms with Gasteiger partial charge in [-0.3, -0.25) is 9.59 Å². The van der Waals surface area contributed by atoms with Crippen LogP contribution in [0.25, 0.3) is 0 Å². The molecule has 106 valence electrons. The molecule has 1 aromatic rings. The largest absolute Gasteiger partial charge is 0.491 e. The summed E-state index contributed by atoms with van der Waals surface area (Å²) in [5.41, 5.74) is 1.11. The Morgan fingerprint density at radius 1 is 1.20 bits per heavy atom. The van der Waals surface area contributed by atoms with Crippen LogP contribution in [0.4, 0.5) is 0 Å². The molecule has 1 amide bonds. The van der Waals surface area contributed by atoms with Crippen molar-refractivity contribution >= 4 is 11.7 Å². The quantitative estimate of drug-likeness (QED) is 0.843. The van der Waals surface area contributed by atoms with Gasteiger partial charge in [0.2, 0.25) is 0 Å². The molecule has 0 saturated heterocycles. The summed E-state index contributed by atoms with van der Waals surface area (Å²) in [5, 5.41) is 2.77. The fourth-order valence-electron chi connectivity index (χ4n) is 3.01. The third-order valence-electron chi connectivity index (χ3n) is 4.13. The summed E-state index contributed by atoms with van der Waals surface area (Å²) in [4.78, 5) is 24.5. The van der Waals surface area contributed by atoms with Gasteiger partial charge >= 0.3 is 0 Å². The summed E-state index contributed by atoms with van der Waals surface area (Å²) in [5.74, 6) is 0.706. The molecule has 1 fully saturated rings. The van der Waals surface area contributed by atoms with Crippen molar-refractivity contribution in [2.75, 3.05) is 13.2 Å². The molecular formula is C16H19NO3. The van der Waals surface area contributed by atoms with E-state index in [0.717, 1.165) is 25.7 Å². The number of nitrogens with one attached hydrogen (secondary N) is 1. The Bertz CT molecular complexity index is 533. The SMILES string of the molecule is O=C1NCCOc2ccc(C(=O)C3CCCCC3)cc21. The van der Waals surface area contributed by atoms with Gasteiger partial charge < -0.3 is 10.1 Å². The maximum absolute atomic E-state index is 12.5. The van der Waals surface area contributed by atoms with Crippen LogP contribution in [0, 0.1) is 5.92 Å². The van der Waals surface area contributed by atoms with Gasteiger partial charge in [-0.05, 0) is 31.0 Å². The van der Waals surface area contributed by atoms with Crippen molar-refractivity contribution in [1.82, 2.24) is 5.32 Å². The molecule has 1 saturated carbocycles. The second-order valence-corrected chi connectivity index (χ2v) is 5.51. The predicted octanol–water partition coefficient (Wildman–Crippen LogP) is 2.57. The molecule has 0 unspecified atom stereocenters. The standard InChI is InChI=1S/C16H19NO3/c18-15(11-4-2-1-3-5-11)12-6-7-14-13(10-12)16(19)17-8-9-20-14/h6-7,10-11H,1-5,8-9H2,(H,17,19). The number of hydrogen-bond acceptors (Lipinski definition) is 3. The van der Waals surface area contributed by atoms with Crippen LogP contribution in [-0.4, -0.2) is 24.8 Å². The maximum atomic E-state index is 12.5. The second kappa shape index (κ2) is 5.65. The molecule has 1 aromatic carbocycles. The van der Waals surface area contributed by atoms with E-state index in [1.54, 1.807) is 18.2 Å². The lowest BCUT2D eigenvalue weighted by Gasteiger charge is -2.20. The van der Waals surface area contributed by atoms with E-state index in [9.17, 15) is 9.59 Å². The molecule has 20 heavy (non-hydrogen) atoms. The minimum atomic E-state index is -0.157. The molecule has 1 heterocycles. The molecular weight excluding hydrogens is 254 g/mol. The van der Waals surface area contributed by atoms with Crippen molar-refractivity contribution in [3.05, 3.63) is 29.3 Å². The molecule has 1 N–H and O–H groups in total. The number of amides is 1. The van der Waals surface area contributed by atoms with E-state index < -0.39 is 0 Å². The molecule has 1 aliphatic carbocycles. The summed E-state index contributed by atoms with van der Waals surface area (Å²) in [6, 6.07) is 5.22. The summed E-state index contributed by atoms with van der Waals surface area (Å²) < 4.78 is 5.50. The highest BCUT2D eigenvalue weighted by molar-refractivity contribution is 6.03. The van der Waals surface area contributed by atoms with Gasteiger partial charge in [-0.1, -0.05) is 19.3 Å². The Labute approximate surface area is 118 Å². The Morgan fingerprint density at radius 3 is 2.80 bits per heavy atom. The minimum Gasteiger partial charge on any atom is -0.491 e. The third-order valence-corrected chi connectivity index (χ3v) is 4.13. The van der Waals surface area contributed by atoms with Crippen molar-refractivity contribution in [3.8, 4) is 5.75 Å². The maximum Gasteiger partial charge on any atom is 0.255 e. The summed E-state index contributed by atoms with van der Waals surface area (Å²) in [6.45, 7) is 0.966. The van der Waals surface area contributed by atoms with Crippen LogP contribution in [0.1, 0.15) is 52.8 Å². The smallest absolute Gasteiger partial charge is 0.255 e. The van der Waals surface area contributed by atoms with Crippen LogP contribution < -0.4 is 10.1 Å². The van der Waals surface area contributed by atoms with Crippen LogP contribution in [-0.2, 0) is 0 Å². The number of carbonyl (C=O) groups is 2. The number of fused-ring (bicyclic) bond motifs is 1. The van der Waals surface area contributed by atoms with Gasteiger partial charge in [0.15, 0.2) is 5.78 Å². The Kier molecular flexibility index (Phi) is 3.72. The van der Waals surface area contributed by atoms with Crippen LogP contribution >= 0.6 is 0 Å². The molecule has 0 bridgehead atoms. The van der Waals surface area contributed by atoms with Gasteiger partial charge in [-0.2, -0.15) is 0 Å². The van der Waals surface area contributed by atoms with Crippen LogP contribution in [0.2, 0.25) is 0 Å². The Balaban J connectivity index is 1.87. The lowest BCUT2D eigenvalue weighted by atomic mass is 9.83. The van der Waals surface area contributed by atoms with Crippen molar-refractivity contribution in [1.29, 1.82) is 0 Å². The number of hydrogen-bond donors (Lipinski definition) is 1. The first-order valence-corrected chi connectivity index (χ1v) is 7.35. The van der Waals surface area contributed by atoms with Crippen LogP contribution in [0.5, 0.6) is 5.75 Å². The lowest BCUT2D eigenvalue weighted by molar-refractivity contribution is 0.0889. The highest BCUT2D eigenvalue weighted by Gasteiger charge is 2.24. The zero-order valence-corrected chi connectivity index (χ0v) is 11.5. The van der Waals surface area contributed by atoms with Gasteiger partial charge in [-0.25, -0.2) is 0 Å². The summed E-state index contributed by atoms with van der Waals surface area (Å²) in [6.07, 6.45) is 5.43. The molecule has 4 nitrogen and oxygen atoms in total. The second-order valence-electron chi connectivity index (χ2n) is 5.51. The Morgan fingerprint density at radius 2 is 2.00 bits per heavy atom. The number of benzene rings is 1. The van der Waals surface area contributed by atoms with E-state index in [-0.39, 0.29) is 17.6 Å². The van der Waals surface area contributed by atoms with Crippen molar-refractivity contribution in [2.24, 2.45) is 5.92 Å². The first-order chi connectivity index (χ1) is 9.75. The molecule has 4 heteroatoms. The predicted molar refractivity (Wildman–Crippen MR) is 75.2 cm³/mol. The lowest BCUT2D eigenvalue weighted by Crippen LogP contribution is -2.24. The molecule has 2 aliphatic rings. The number of ketones is 1. The fourth-order valence-corrected chi connectivity index (χ4v) is 3.01. The number of Topliss-reactive ketones (excluding diaryl/α,β-unsaturated/α-hetero) is 1. The van der Waals surface area contributed by atoms with Crippen molar-refractivity contribution < 1.29 is 14.3 Å². The molecule has 3 rings (SSSR count). The van der Waals surface area contributed by atoms with Crippen molar-refractivity contribution in [3.63, 3.8) is 0 Å². The topological polar surface area (TPSA) is 55.4 Å². The minimum absolute atomic E-state index is 0.122. The molecule has 1 aliphatic heterocycles. The van der Waals surface area contributed by atoms with Crippen molar-refractivity contribution in [2.45, 2.75) is 32.1 Å². The molecule has 0 spiro atoms. The summed E-state index contributed by atoms with van der Waals surface area (Å²) >= 11 is 0. The number of rotatable bonds is 2. The fraction of sp³-hybridized carbons (Fsp3) is 0.500. The zero-order valence-electron chi connectivity index (χ0n) is 11.5. The molecule has 0 aromatic heterocycles. The molecule has 0 atom stereocenters. The Hall–Kier alpha value is -1.84. The zero-order chi connectivity index (χ0) is 13.9. The summed E-state index contributed by atoms with van der Waals surface area (Å²) in [7, 11) is 0. The van der Waals surface area contributed by atoms with Gasteiger partial charge in [0.05, 0.1) is 12.1 Å². The third kappa shape index (κ3) is 2.55. The van der Waals surface area contributed by atoms with Gasteiger partial charge in [0.25, 0.3) is 5.91 Å². The molecule has 0 radical (unpaired) electrons. The van der Waals surface area contributed by atoms with E-state index in [2.05, 4.69) is 5.32 Å². The first-order valence-electron chi connectivity index (χ1n) is 7.35. The van der Waals surface area contributed by atoms with E-state index in [1.165, 1.54) is 6.42 Å². The average Bonchev–Trinajstić information content (AvgIpc) is 2.69. The monoisotopic (exact) mass is 273 g/mol. The highest BCUT2D eigenvalue weighted by atomic mass is 16.5. The van der Waals surface area contributed by atoms with E-state index in [0.29, 0.717) is 30.0 Å². The van der Waals surface area contributed by atoms with Gasteiger partial charge in [0.1, 0.15) is 12.4 Å². The van der Waals surface area contributed by atoms with Crippen LogP contribution in [0.15, 0.2) is 18.2 Å². The average molecular weight is 273 g/mol. The number of carbonyl (C=O) groups excluding carboxylic acids is 2. The normalized spacial score (nSPS) is 19.5.